The molecule has 23 heteroatoms. The van der Waals surface area contributed by atoms with Crippen LogP contribution in [0, 0.1) is 28.1 Å². The largest absolute Gasteiger partial charge is 0.477 e. The Kier molecular flexibility index (Phi) is 14.0. The number of nitrogens with one attached hydrogen (secondary N) is 2. The average Bonchev–Trinajstić information content (AvgIpc) is 4.17. The van der Waals surface area contributed by atoms with E-state index < -0.39 is 70.8 Å². The third-order valence-corrected chi connectivity index (χ3v) is 16.1. The highest BCUT2D eigenvalue weighted by atomic mass is 19.4. The number of alkyl halides is 6. The topological polar surface area (TPSA) is 210 Å². The second kappa shape index (κ2) is 20.6. The fourth-order valence-corrected chi connectivity index (χ4v) is 12.0. The van der Waals surface area contributed by atoms with E-state index in [0.29, 0.717) is 65.6 Å². The van der Waals surface area contributed by atoms with Gasteiger partial charge in [0, 0.05) is 45.4 Å². The van der Waals surface area contributed by atoms with Crippen LogP contribution in [0.2, 0.25) is 0 Å². The Hall–Kier alpha value is -8.70. The highest BCUT2D eigenvalue weighted by Crippen LogP contribution is 2.47. The molecule has 0 aromatic heterocycles. The van der Waals surface area contributed by atoms with E-state index in [1.807, 2.05) is 12.1 Å². The van der Waals surface area contributed by atoms with Crippen LogP contribution >= 0.6 is 0 Å². The Balaban J connectivity index is 0.902. The van der Waals surface area contributed by atoms with Crippen LogP contribution in [0.4, 0.5) is 47.3 Å². The van der Waals surface area contributed by atoms with Crippen LogP contribution in [0.5, 0.6) is 0 Å². The summed E-state index contributed by atoms with van der Waals surface area (Å²) in [5.74, 6) is -2.15. The number of hydrogen-bond acceptors (Lipinski definition) is 8. The number of aliphatic carboxylic acids is 1. The van der Waals surface area contributed by atoms with Gasteiger partial charge >= 0.3 is 30.4 Å². The van der Waals surface area contributed by atoms with E-state index in [9.17, 15) is 65.9 Å². The molecule has 7 aliphatic heterocycles. The first-order chi connectivity index (χ1) is 37.6. The molecule has 0 radical (unpaired) electrons. The molecule has 2 atom stereocenters. The molecule has 17 nitrogen and oxygen atoms in total. The van der Waals surface area contributed by atoms with E-state index >= 15 is 4.79 Å². The number of nitriles is 2. The highest BCUT2D eigenvalue weighted by Gasteiger charge is 2.55. The van der Waals surface area contributed by atoms with Crippen molar-refractivity contribution in [2.45, 2.75) is 56.5 Å². The number of halogens is 6. The normalized spacial score (nSPS) is 22.8. The molecule has 0 spiro atoms. The van der Waals surface area contributed by atoms with Gasteiger partial charge in [0.25, 0.3) is 11.8 Å². The maximum Gasteiger partial charge on any atom is 0.416 e. The van der Waals surface area contributed by atoms with Crippen molar-refractivity contribution in [2.24, 2.45) is 5.41 Å². The van der Waals surface area contributed by atoms with Gasteiger partial charge < -0.3 is 34.9 Å². The summed E-state index contributed by atoms with van der Waals surface area (Å²) in [7, 11) is 0. The number of anilines is 2. The number of amides is 7. The van der Waals surface area contributed by atoms with E-state index in [0.717, 1.165) is 46.2 Å². The molecule has 4 aromatic rings. The molecule has 408 valence electrons. The minimum Gasteiger partial charge on any atom is -0.477 e. The molecule has 7 amide bonds. The van der Waals surface area contributed by atoms with E-state index in [1.165, 1.54) is 46.2 Å². The molecule has 3 N–H and O–H groups in total. The van der Waals surface area contributed by atoms with Crippen molar-refractivity contribution in [3.05, 3.63) is 153 Å². The van der Waals surface area contributed by atoms with Crippen molar-refractivity contribution in [1.82, 2.24) is 25.3 Å². The number of carboxylic acid groups (broad SMARTS) is 1. The predicted octanol–water partition coefficient (Wildman–Crippen LogP) is 7.60. The Bertz CT molecular complexity index is 3120. The number of fused-ring (bicyclic) bond motifs is 3. The molecule has 7 aliphatic rings. The van der Waals surface area contributed by atoms with Gasteiger partial charge in [0.2, 0.25) is 5.91 Å². The number of rotatable bonds is 15. The summed E-state index contributed by atoms with van der Waals surface area (Å²) in [6, 6.07) is 21.1. The smallest absolute Gasteiger partial charge is 0.416 e. The molecule has 0 unspecified atom stereocenters. The molecule has 3 fully saturated rings. The zero-order valence-corrected chi connectivity index (χ0v) is 42.2. The minimum absolute atomic E-state index is 0.0241. The monoisotopic (exact) mass is 1090 g/mol. The van der Waals surface area contributed by atoms with Crippen LogP contribution in [0.3, 0.4) is 0 Å². The number of piperidine rings is 3. The lowest BCUT2D eigenvalue weighted by Gasteiger charge is -2.54. The van der Waals surface area contributed by atoms with E-state index in [4.69, 9.17) is 0 Å². The minimum atomic E-state index is -4.74. The van der Waals surface area contributed by atoms with Gasteiger partial charge in [0.05, 0.1) is 119 Å². The number of quaternary nitrogens is 1. The van der Waals surface area contributed by atoms with E-state index in [-0.39, 0.29) is 98.5 Å². The van der Waals surface area contributed by atoms with Crippen molar-refractivity contribution in [3.8, 4) is 12.1 Å². The molecule has 11 rings (SSSR count). The van der Waals surface area contributed by atoms with Gasteiger partial charge in [-0.25, -0.2) is 14.4 Å². The van der Waals surface area contributed by atoms with Gasteiger partial charge in [-0.3, -0.25) is 24.2 Å². The summed E-state index contributed by atoms with van der Waals surface area (Å²) in [6.45, 7) is 1.19. The highest BCUT2D eigenvalue weighted by molar-refractivity contribution is 6.08. The second-order valence-corrected chi connectivity index (χ2v) is 20.8. The number of urea groups is 2. The Morgan fingerprint density at radius 1 is 0.646 bits per heavy atom. The van der Waals surface area contributed by atoms with E-state index in [1.54, 1.807) is 29.2 Å². The van der Waals surface area contributed by atoms with Crippen LogP contribution < -0.4 is 20.4 Å². The summed E-state index contributed by atoms with van der Waals surface area (Å²) in [5.41, 5.74) is -1.06. The molecule has 0 aliphatic carbocycles. The van der Waals surface area contributed by atoms with Crippen LogP contribution in [-0.4, -0.2) is 125 Å². The van der Waals surface area contributed by atoms with Crippen LogP contribution in [-0.2, 0) is 31.5 Å². The lowest BCUT2D eigenvalue weighted by atomic mass is 9.69. The summed E-state index contributed by atoms with van der Waals surface area (Å²) < 4.78 is 84.2. The number of nitrogens with zero attached hydrogens (tertiary/aromatic N) is 8. The number of carbonyl (C=O) groups excluding carboxylic acids is 5. The molecule has 79 heavy (non-hydrogen) atoms. The van der Waals surface area contributed by atoms with Crippen molar-refractivity contribution in [3.63, 3.8) is 0 Å². The average molecular weight is 1090 g/mol. The van der Waals surface area contributed by atoms with Crippen LogP contribution in [0.25, 0.3) is 0 Å². The molecular weight excluding hydrogens is 1040 g/mol. The van der Waals surface area contributed by atoms with Gasteiger partial charge in [0.1, 0.15) is 0 Å². The first-order valence-corrected chi connectivity index (χ1v) is 25.6. The molecule has 3 saturated heterocycles. The first kappa shape index (κ1) is 53.7. The molecule has 2 bridgehead atoms. The van der Waals surface area contributed by atoms with Gasteiger partial charge in [0.15, 0.2) is 6.54 Å². The van der Waals surface area contributed by atoms with Gasteiger partial charge in [-0.05, 0) is 84.6 Å². The lowest BCUT2D eigenvalue weighted by Crippen LogP contribution is -2.66. The van der Waals surface area contributed by atoms with Gasteiger partial charge in [-0.1, -0.05) is 36.4 Å². The quantitative estimate of drug-likeness (QED) is 0.0790. The summed E-state index contributed by atoms with van der Waals surface area (Å²) in [6.07, 6.45) is -7.86. The Labute approximate surface area is 448 Å². The Morgan fingerprint density at radius 3 is 1.42 bits per heavy atom. The molecular formula is C56H51F6N10O7+. The van der Waals surface area contributed by atoms with Gasteiger partial charge in [-0.15, -0.1) is 0 Å². The molecule has 4 aromatic carbocycles. The third-order valence-electron chi connectivity index (χ3n) is 16.1. The zero-order valence-electron chi connectivity index (χ0n) is 42.2. The molecule has 0 saturated carbocycles. The number of carbonyl (C=O) groups is 6. The number of hydrogen-bond donors (Lipinski definition) is 3. The lowest BCUT2D eigenvalue weighted by molar-refractivity contribution is -0.937. The van der Waals surface area contributed by atoms with Crippen molar-refractivity contribution in [2.75, 3.05) is 75.2 Å². The van der Waals surface area contributed by atoms with E-state index in [2.05, 4.69) is 10.6 Å². The first-order valence-electron chi connectivity index (χ1n) is 25.6. The fraction of sp³-hybridized carbons (Fsp3) is 0.357. The van der Waals surface area contributed by atoms with Crippen molar-refractivity contribution in [1.29, 1.82) is 10.5 Å². The standard InChI is InChI=1S/C56H50F6N10O7/c57-55(58,59)38-5-1-7-40(27-38)70-42-31-68(49(75)45(42)47(65-52(70)78)36-13-9-34(29-63)10-14-36)22-3-20-67(51(77)54-17-24-72(25-18-54,26-19-54)33-44(73)74)21-4-23-69-32-43-46(50(69)76)48(37-15-11-35(30-64)12-16-37)66-53(79)71(43)41-8-2-6-39(28-41)56(60,61)62/h1-2,5-16,27-28,47-48H,3-4,17-26,31-33H2,(H2-,65,66,73,74,78,79)/p+1/t47-,48-,54?,72?/m1/s1. The maximum absolute atomic E-state index is 15.1. The fourth-order valence-electron chi connectivity index (χ4n) is 12.0. The van der Waals surface area contributed by atoms with Crippen LogP contribution in [0.1, 0.15) is 77.6 Å². The summed E-state index contributed by atoms with van der Waals surface area (Å²) in [5, 5.41) is 34.2. The maximum atomic E-state index is 15.1. The number of benzene rings is 4. The number of carboxylic acids is 1. The predicted molar refractivity (Wildman–Crippen MR) is 269 cm³/mol. The molecule has 7 heterocycles. The van der Waals surface area contributed by atoms with Crippen molar-refractivity contribution >= 4 is 47.1 Å². The third kappa shape index (κ3) is 10.2. The summed E-state index contributed by atoms with van der Waals surface area (Å²) >= 11 is 0. The van der Waals surface area contributed by atoms with Crippen LogP contribution in [0.15, 0.2) is 120 Å². The zero-order chi connectivity index (χ0) is 56.2. The SMILES string of the molecule is N#Cc1ccc([C@H]2NC(=O)N(c3cccc(C(F)(F)F)c3)C3=C2C(=O)N(CCCN(CCCN2CC4=C(C2=O)[C@@H](c2ccc(C#N)cc2)NC(=O)N4c2cccc(C(F)(F)F)c2)C(=O)C24CC[N+](CC(=O)O)(CC2)CC4)C3)cc1. The Morgan fingerprint density at radius 2 is 1.05 bits per heavy atom. The summed E-state index contributed by atoms with van der Waals surface area (Å²) in [4.78, 5) is 90.8. The van der Waals surface area contributed by atoms with Gasteiger partial charge in [-0.2, -0.15) is 36.9 Å². The van der Waals surface area contributed by atoms with Crippen molar-refractivity contribution < 1.29 is 64.7 Å². The second-order valence-electron chi connectivity index (χ2n) is 20.8.